The first-order chi connectivity index (χ1) is 12.9. The molecular formula is C22H24N4. The van der Waals surface area contributed by atoms with E-state index >= 15 is 0 Å². The molecule has 0 saturated carbocycles. The molecule has 1 atom stereocenters. The fourth-order valence-corrected chi connectivity index (χ4v) is 3.49. The minimum atomic E-state index is 0.114. The molecule has 1 saturated heterocycles. The monoisotopic (exact) mass is 344 g/mol. The van der Waals surface area contributed by atoms with Crippen molar-refractivity contribution in [2.24, 2.45) is 0 Å². The van der Waals surface area contributed by atoms with Crippen molar-refractivity contribution >= 4 is 5.82 Å². The molecule has 3 aromatic rings. The van der Waals surface area contributed by atoms with Gasteiger partial charge in [-0.25, -0.2) is 4.98 Å². The molecule has 26 heavy (non-hydrogen) atoms. The van der Waals surface area contributed by atoms with Crippen molar-refractivity contribution in [1.82, 2.24) is 15.3 Å². The van der Waals surface area contributed by atoms with Crippen molar-refractivity contribution in [2.75, 3.05) is 18.0 Å². The number of benzene rings is 1. The lowest BCUT2D eigenvalue weighted by Gasteiger charge is -2.20. The largest absolute Gasteiger partial charge is 0.357 e. The van der Waals surface area contributed by atoms with Gasteiger partial charge in [-0.3, -0.25) is 4.98 Å². The second kappa shape index (κ2) is 8.11. The van der Waals surface area contributed by atoms with Crippen LogP contribution >= 0.6 is 0 Å². The van der Waals surface area contributed by atoms with Gasteiger partial charge in [0.15, 0.2) is 0 Å². The Morgan fingerprint density at radius 1 is 0.885 bits per heavy atom. The highest BCUT2D eigenvalue weighted by molar-refractivity contribution is 5.40. The first-order valence-electron chi connectivity index (χ1n) is 9.28. The normalized spacial score (nSPS) is 15.2. The maximum Gasteiger partial charge on any atom is 0.128 e. The molecule has 4 nitrogen and oxygen atoms in total. The number of hydrogen-bond acceptors (Lipinski definition) is 4. The molecule has 0 radical (unpaired) electrons. The Bertz CT molecular complexity index is 757. The Morgan fingerprint density at radius 3 is 2.38 bits per heavy atom. The Morgan fingerprint density at radius 2 is 1.69 bits per heavy atom. The van der Waals surface area contributed by atoms with E-state index < -0.39 is 0 Å². The smallest absolute Gasteiger partial charge is 0.128 e. The Kier molecular flexibility index (Phi) is 5.22. The van der Waals surface area contributed by atoms with E-state index in [4.69, 9.17) is 0 Å². The van der Waals surface area contributed by atoms with E-state index in [1.165, 1.54) is 29.5 Å². The number of nitrogens with zero attached hydrogens (tertiary/aromatic N) is 3. The van der Waals surface area contributed by atoms with Gasteiger partial charge in [0, 0.05) is 38.2 Å². The number of rotatable bonds is 6. The molecule has 3 heterocycles. The zero-order chi connectivity index (χ0) is 17.6. The van der Waals surface area contributed by atoms with Crippen molar-refractivity contribution in [2.45, 2.75) is 25.4 Å². The molecule has 0 aliphatic carbocycles. The van der Waals surface area contributed by atoms with Crippen LogP contribution in [0, 0.1) is 0 Å². The maximum atomic E-state index is 4.66. The summed E-state index contributed by atoms with van der Waals surface area (Å²) in [7, 11) is 0. The summed E-state index contributed by atoms with van der Waals surface area (Å²) in [5.41, 5.74) is 3.60. The van der Waals surface area contributed by atoms with Crippen molar-refractivity contribution < 1.29 is 0 Å². The van der Waals surface area contributed by atoms with Crippen molar-refractivity contribution in [3.63, 3.8) is 0 Å². The number of aromatic nitrogens is 2. The second-order valence-electron chi connectivity index (χ2n) is 6.73. The average molecular weight is 344 g/mol. The van der Waals surface area contributed by atoms with Gasteiger partial charge in [-0.2, -0.15) is 0 Å². The van der Waals surface area contributed by atoms with E-state index in [1.54, 1.807) is 0 Å². The summed E-state index contributed by atoms with van der Waals surface area (Å²) >= 11 is 0. The first kappa shape index (κ1) is 16.7. The van der Waals surface area contributed by atoms with Crippen LogP contribution in [0.5, 0.6) is 0 Å². The van der Waals surface area contributed by atoms with E-state index in [0.29, 0.717) is 0 Å². The summed E-state index contributed by atoms with van der Waals surface area (Å²) in [5.74, 6) is 1.10. The molecule has 0 spiro atoms. The fourth-order valence-electron chi connectivity index (χ4n) is 3.49. The molecule has 0 bridgehead atoms. The lowest BCUT2D eigenvalue weighted by Crippen LogP contribution is -2.22. The molecule has 2 aromatic heterocycles. The van der Waals surface area contributed by atoms with Gasteiger partial charge in [0.1, 0.15) is 5.82 Å². The fraction of sp³-hybridized carbons (Fsp3) is 0.273. The van der Waals surface area contributed by atoms with Crippen LogP contribution in [0.2, 0.25) is 0 Å². The Balaban J connectivity index is 1.48. The highest BCUT2D eigenvalue weighted by atomic mass is 15.2. The molecular weight excluding hydrogens is 320 g/mol. The molecule has 1 aromatic carbocycles. The lowest BCUT2D eigenvalue weighted by molar-refractivity contribution is 0.602. The van der Waals surface area contributed by atoms with Crippen molar-refractivity contribution in [3.05, 3.63) is 89.9 Å². The summed E-state index contributed by atoms with van der Waals surface area (Å²) in [4.78, 5) is 11.3. The van der Waals surface area contributed by atoms with Crippen LogP contribution in [0.1, 0.15) is 35.6 Å². The predicted molar refractivity (Wildman–Crippen MR) is 105 cm³/mol. The standard InChI is InChI=1S/C22H24N4/c1-2-7-19(8-3-1)22(20-9-6-12-23-17-20)25-16-18-10-11-21(24-15-18)26-13-4-5-14-26/h1-3,6-12,15,17,22,25H,4-5,13-14,16H2/t22-/m1/s1. The van der Waals surface area contributed by atoms with Gasteiger partial charge in [-0.15, -0.1) is 0 Å². The third kappa shape index (κ3) is 3.92. The summed E-state index contributed by atoms with van der Waals surface area (Å²) < 4.78 is 0. The highest BCUT2D eigenvalue weighted by Gasteiger charge is 2.15. The molecule has 1 fully saturated rings. The van der Waals surface area contributed by atoms with Gasteiger partial charge in [0.05, 0.1) is 6.04 Å². The topological polar surface area (TPSA) is 41.0 Å². The highest BCUT2D eigenvalue weighted by Crippen LogP contribution is 2.22. The molecule has 132 valence electrons. The summed E-state index contributed by atoms with van der Waals surface area (Å²) in [6.07, 6.45) is 8.28. The van der Waals surface area contributed by atoms with E-state index in [-0.39, 0.29) is 6.04 Å². The number of anilines is 1. The predicted octanol–water partition coefficient (Wildman–Crippen LogP) is 3.96. The molecule has 0 unspecified atom stereocenters. The van der Waals surface area contributed by atoms with Gasteiger partial charge in [0.25, 0.3) is 0 Å². The van der Waals surface area contributed by atoms with E-state index in [2.05, 4.69) is 62.6 Å². The van der Waals surface area contributed by atoms with Crippen molar-refractivity contribution in [3.8, 4) is 0 Å². The Labute approximate surface area is 154 Å². The van der Waals surface area contributed by atoms with E-state index in [1.807, 2.05) is 30.7 Å². The minimum Gasteiger partial charge on any atom is -0.357 e. The summed E-state index contributed by atoms with van der Waals surface area (Å²) in [6, 6.07) is 19.0. The third-order valence-electron chi connectivity index (χ3n) is 4.90. The van der Waals surface area contributed by atoms with Crippen LogP contribution in [-0.2, 0) is 6.54 Å². The molecule has 1 aliphatic rings. The van der Waals surface area contributed by atoms with Gasteiger partial charge in [-0.05, 0) is 41.7 Å². The van der Waals surface area contributed by atoms with Gasteiger partial charge >= 0.3 is 0 Å². The number of pyridine rings is 2. The van der Waals surface area contributed by atoms with Crippen LogP contribution in [0.25, 0.3) is 0 Å². The lowest BCUT2D eigenvalue weighted by atomic mass is 10.00. The minimum absolute atomic E-state index is 0.114. The third-order valence-corrected chi connectivity index (χ3v) is 4.90. The van der Waals surface area contributed by atoms with Crippen LogP contribution in [0.3, 0.4) is 0 Å². The van der Waals surface area contributed by atoms with E-state index in [9.17, 15) is 0 Å². The quantitative estimate of drug-likeness (QED) is 0.735. The molecule has 1 N–H and O–H groups in total. The molecule has 0 amide bonds. The van der Waals surface area contributed by atoms with Crippen LogP contribution in [0.15, 0.2) is 73.2 Å². The van der Waals surface area contributed by atoms with Gasteiger partial charge < -0.3 is 10.2 Å². The number of nitrogens with one attached hydrogen (secondary N) is 1. The average Bonchev–Trinajstić information content (AvgIpc) is 3.25. The van der Waals surface area contributed by atoms with Crippen molar-refractivity contribution in [1.29, 1.82) is 0 Å². The Hall–Kier alpha value is -2.72. The SMILES string of the molecule is c1ccc([C@@H](NCc2ccc(N3CCCC3)nc2)c2cccnc2)cc1. The summed E-state index contributed by atoms with van der Waals surface area (Å²) in [6.45, 7) is 3.02. The number of hydrogen-bond donors (Lipinski definition) is 1. The van der Waals surface area contributed by atoms with E-state index in [0.717, 1.165) is 25.5 Å². The zero-order valence-electron chi connectivity index (χ0n) is 14.9. The molecule has 1 aliphatic heterocycles. The van der Waals surface area contributed by atoms with Crippen LogP contribution < -0.4 is 10.2 Å². The van der Waals surface area contributed by atoms with Gasteiger partial charge in [0.2, 0.25) is 0 Å². The van der Waals surface area contributed by atoms with Crippen LogP contribution in [0.4, 0.5) is 5.82 Å². The second-order valence-corrected chi connectivity index (χ2v) is 6.73. The summed E-state index contributed by atoms with van der Waals surface area (Å²) in [5, 5.41) is 3.66. The maximum absolute atomic E-state index is 4.66. The zero-order valence-corrected chi connectivity index (χ0v) is 14.9. The van der Waals surface area contributed by atoms with Crippen LogP contribution in [-0.4, -0.2) is 23.1 Å². The first-order valence-corrected chi connectivity index (χ1v) is 9.28. The molecule has 4 rings (SSSR count). The molecule has 4 heteroatoms. The van der Waals surface area contributed by atoms with Gasteiger partial charge in [-0.1, -0.05) is 42.5 Å².